The minimum Gasteiger partial charge on any atom is -0.478 e. The first-order valence-electron chi connectivity index (χ1n) is 7.10. The molecule has 118 valence electrons. The summed E-state index contributed by atoms with van der Waals surface area (Å²) in [7, 11) is -3.42. The number of hydrogen-bond donors (Lipinski definition) is 2. The maximum atomic E-state index is 11.9. The molecule has 0 radical (unpaired) electrons. The van der Waals surface area contributed by atoms with Crippen molar-refractivity contribution in [3.8, 4) is 0 Å². The van der Waals surface area contributed by atoms with Gasteiger partial charge in [-0.1, -0.05) is 38.8 Å². The topological polar surface area (TPSA) is 83.5 Å². The Kier molecular flexibility index (Phi) is 6.84. The van der Waals surface area contributed by atoms with Crippen LogP contribution in [-0.2, 0) is 15.8 Å². The van der Waals surface area contributed by atoms with Crippen LogP contribution in [0.25, 0.3) is 0 Å². The van der Waals surface area contributed by atoms with E-state index >= 15 is 0 Å². The number of aromatic carboxylic acids is 1. The first-order chi connectivity index (χ1) is 9.80. The van der Waals surface area contributed by atoms with Gasteiger partial charge in [-0.3, -0.25) is 0 Å². The Labute approximate surface area is 126 Å². The van der Waals surface area contributed by atoms with Crippen molar-refractivity contribution in [2.24, 2.45) is 5.92 Å². The number of rotatable bonds is 9. The van der Waals surface area contributed by atoms with E-state index in [1.54, 1.807) is 12.1 Å². The van der Waals surface area contributed by atoms with E-state index in [1.807, 2.05) is 0 Å². The van der Waals surface area contributed by atoms with Crippen LogP contribution in [0.15, 0.2) is 24.3 Å². The lowest BCUT2D eigenvalue weighted by atomic mass is 10.1. The summed E-state index contributed by atoms with van der Waals surface area (Å²) >= 11 is 0. The van der Waals surface area contributed by atoms with E-state index in [9.17, 15) is 13.2 Å². The van der Waals surface area contributed by atoms with Crippen molar-refractivity contribution < 1.29 is 18.3 Å². The molecule has 0 aliphatic carbocycles. The van der Waals surface area contributed by atoms with Gasteiger partial charge >= 0.3 is 5.97 Å². The van der Waals surface area contributed by atoms with Crippen molar-refractivity contribution in [2.45, 2.75) is 38.9 Å². The van der Waals surface area contributed by atoms with Gasteiger partial charge in [-0.15, -0.1) is 0 Å². The third-order valence-corrected chi connectivity index (χ3v) is 4.42. The van der Waals surface area contributed by atoms with Gasteiger partial charge in [-0.25, -0.2) is 17.9 Å². The summed E-state index contributed by atoms with van der Waals surface area (Å²) in [5, 5.41) is 8.89. The summed E-state index contributed by atoms with van der Waals surface area (Å²) in [6.07, 6.45) is 2.89. The number of nitrogens with one attached hydrogen (secondary N) is 1. The van der Waals surface area contributed by atoms with Crippen molar-refractivity contribution in [1.82, 2.24) is 4.72 Å². The zero-order valence-corrected chi connectivity index (χ0v) is 13.3. The van der Waals surface area contributed by atoms with Crippen LogP contribution in [0.3, 0.4) is 0 Å². The quantitative estimate of drug-likeness (QED) is 0.686. The maximum absolute atomic E-state index is 11.9. The Morgan fingerprint density at radius 3 is 2.62 bits per heavy atom. The van der Waals surface area contributed by atoms with Crippen LogP contribution < -0.4 is 4.72 Å². The molecular formula is C15H23NO4S. The summed E-state index contributed by atoms with van der Waals surface area (Å²) in [6.45, 7) is 4.70. The van der Waals surface area contributed by atoms with Crippen LogP contribution >= 0.6 is 0 Å². The SMILES string of the molecule is CC(C)CCCCNS(=O)(=O)Cc1cccc(C(=O)O)c1. The molecule has 0 saturated heterocycles. The summed E-state index contributed by atoms with van der Waals surface area (Å²) in [5.74, 6) is -0.630. The molecule has 0 amide bonds. The van der Waals surface area contributed by atoms with Gasteiger partial charge in [0, 0.05) is 6.54 Å². The van der Waals surface area contributed by atoms with E-state index in [0.717, 1.165) is 19.3 Å². The van der Waals surface area contributed by atoms with E-state index in [0.29, 0.717) is 18.0 Å². The molecule has 0 saturated carbocycles. The van der Waals surface area contributed by atoms with E-state index in [1.165, 1.54) is 12.1 Å². The Bertz CT molecular complexity index is 567. The molecule has 0 aromatic heterocycles. The summed E-state index contributed by atoms with van der Waals surface area (Å²) in [4.78, 5) is 10.9. The van der Waals surface area contributed by atoms with Crippen molar-refractivity contribution >= 4 is 16.0 Å². The molecule has 0 spiro atoms. The predicted octanol–water partition coefficient (Wildman–Crippen LogP) is 2.63. The minimum absolute atomic E-state index is 0.0969. The summed E-state index contributed by atoms with van der Waals surface area (Å²) < 4.78 is 26.4. The highest BCUT2D eigenvalue weighted by molar-refractivity contribution is 7.88. The van der Waals surface area contributed by atoms with Crippen LogP contribution in [0.5, 0.6) is 0 Å². The zero-order chi connectivity index (χ0) is 15.9. The molecule has 1 rings (SSSR count). The second-order valence-corrected chi connectivity index (χ2v) is 7.36. The van der Waals surface area contributed by atoms with Gasteiger partial charge in [0.25, 0.3) is 0 Å². The van der Waals surface area contributed by atoms with E-state index in [-0.39, 0.29) is 11.3 Å². The molecule has 6 heteroatoms. The Hall–Kier alpha value is -1.40. The van der Waals surface area contributed by atoms with Gasteiger partial charge in [0.05, 0.1) is 11.3 Å². The van der Waals surface area contributed by atoms with Gasteiger partial charge in [-0.2, -0.15) is 0 Å². The Morgan fingerprint density at radius 1 is 1.29 bits per heavy atom. The number of sulfonamides is 1. The molecule has 1 aromatic carbocycles. The van der Waals surface area contributed by atoms with Crippen LogP contribution in [0, 0.1) is 5.92 Å². The third-order valence-electron chi connectivity index (χ3n) is 3.06. The van der Waals surface area contributed by atoms with Gasteiger partial charge in [0.15, 0.2) is 0 Å². The van der Waals surface area contributed by atoms with E-state index < -0.39 is 16.0 Å². The number of hydrogen-bond acceptors (Lipinski definition) is 3. The second kappa shape index (κ2) is 8.14. The molecule has 0 fully saturated rings. The first-order valence-corrected chi connectivity index (χ1v) is 8.75. The fourth-order valence-electron chi connectivity index (χ4n) is 1.97. The molecule has 2 N–H and O–H groups in total. The number of carboxylic acid groups (broad SMARTS) is 1. The molecule has 1 aromatic rings. The first kappa shape index (κ1) is 17.7. The molecule has 0 aliphatic rings. The van der Waals surface area contributed by atoms with Crippen LogP contribution in [0.1, 0.15) is 49.0 Å². The summed E-state index contributed by atoms with van der Waals surface area (Å²) in [5.41, 5.74) is 0.573. The van der Waals surface area contributed by atoms with Crippen LogP contribution in [0.2, 0.25) is 0 Å². The average molecular weight is 313 g/mol. The highest BCUT2D eigenvalue weighted by Gasteiger charge is 2.12. The van der Waals surface area contributed by atoms with Gasteiger partial charge in [0.1, 0.15) is 0 Å². The molecule has 0 heterocycles. The lowest BCUT2D eigenvalue weighted by Gasteiger charge is -2.08. The smallest absolute Gasteiger partial charge is 0.335 e. The molecule has 0 atom stereocenters. The van der Waals surface area contributed by atoms with Crippen LogP contribution in [-0.4, -0.2) is 26.0 Å². The number of benzene rings is 1. The number of unbranched alkanes of at least 4 members (excludes halogenated alkanes) is 1. The van der Waals surface area contributed by atoms with Crippen molar-refractivity contribution in [2.75, 3.05) is 6.54 Å². The standard InChI is InChI=1S/C15H23NO4S/c1-12(2)6-3-4-9-16-21(19,20)11-13-7-5-8-14(10-13)15(17)18/h5,7-8,10,12,16H,3-4,6,9,11H2,1-2H3,(H,17,18). The maximum Gasteiger partial charge on any atom is 0.335 e. The van der Waals surface area contributed by atoms with E-state index in [4.69, 9.17) is 5.11 Å². The predicted molar refractivity (Wildman–Crippen MR) is 82.7 cm³/mol. The van der Waals surface area contributed by atoms with Gasteiger partial charge < -0.3 is 5.11 Å². The van der Waals surface area contributed by atoms with Crippen molar-refractivity contribution in [3.63, 3.8) is 0 Å². The second-order valence-electron chi connectivity index (χ2n) is 5.55. The molecule has 21 heavy (non-hydrogen) atoms. The minimum atomic E-state index is -3.42. The average Bonchev–Trinajstić information content (AvgIpc) is 2.37. The van der Waals surface area contributed by atoms with E-state index in [2.05, 4.69) is 18.6 Å². The Morgan fingerprint density at radius 2 is 2.00 bits per heavy atom. The molecule has 5 nitrogen and oxygen atoms in total. The molecule has 0 bridgehead atoms. The van der Waals surface area contributed by atoms with Gasteiger partial charge in [-0.05, 0) is 30.0 Å². The van der Waals surface area contributed by atoms with Gasteiger partial charge in [0.2, 0.25) is 10.0 Å². The highest BCUT2D eigenvalue weighted by atomic mass is 32.2. The molecule has 0 unspecified atom stereocenters. The number of carbonyl (C=O) groups is 1. The normalized spacial score (nSPS) is 11.8. The van der Waals surface area contributed by atoms with Crippen LogP contribution in [0.4, 0.5) is 0 Å². The number of carboxylic acids is 1. The highest BCUT2D eigenvalue weighted by Crippen LogP contribution is 2.09. The molecule has 0 aliphatic heterocycles. The lowest BCUT2D eigenvalue weighted by molar-refractivity contribution is 0.0696. The lowest BCUT2D eigenvalue weighted by Crippen LogP contribution is -2.26. The largest absolute Gasteiger partial charge is 0.478 e. The monoisotopic (exact) mass is 313 g/mol. The zero-order valence-electron chi connectivity index (χ0n) is 12.5. The fraction of sp³-hybridized carbons (Fsp3) is 0.533. The van der Waals surface area contributed by atoms with Crippen molar-refractivity contribution in [1.29, 1.82) is 0 Å². The Balaban J connectivity index is 2.49. The fourth-order valence-corrected chi connectivity index (χ4v) is 3.15. The van der Waals surface area contributed by atoms with Crippen molar-refractivity contribution in [3.05, 3.63) is 35.4 Å². The summed E-state index contributed by atoms with van der Waals surface area (Å²) in [6, 6.07) is 6.00. The third kappa shape index (κ3) is 7.24. The molecular weight excluding hydrogens is 290 g/mol.